The Bertz CT molecular complexity index is 622. The molecule has 0 radical (unpaired) electrons. The van der Waals surface area contributed by atoms with Crippen molar-refractivity contribution in [1.82, 2.24) is 20.1 Å². The predicted octanol–water partition coefficient (Wildman–Crippen LogP) is 0.978. The predicted molar refractivity (Wildman–Crippen MR) is 77.8 cm³/mol. The second-order valence-corrected chi connectivity index (χ2v) is 4.98. The van der Waals surface area contributed by atoms with E-state index in [1.807, 2.05) is 19.9 Å². The van der Waals surface area contributed by atoms with Crippen molar-refractivity contribution in [3.05, 3.63) is 36.9 Å². The molecule has 0 atom stereocenters. The fraction of sp³-hybridized carbons (Fsp3) is 0.286. The van der Waals surface area contributed by atoms with E-state index in [-0.39, 0.29) is 0 Å². The molecule has 110 valence electrons. The SMILES string of the molecule is CC(C)CNC(=O)C(=O)Nc1cccc(-n2cnnc2)c1. The van der Waals surface area contributed by atoms with Crippen molar-refractivity contribution in [2.45, 2.75) is 13.8 Å². The second kappa shape index (κ2) is 6.65. The Balaban J connectivity index is 2.01. The van der Waals surface area contributed by atoms with Crippen LogP contribution < -0.4 is 10.6 Å². The van der Waals surface area contributed by atoms with Gasteiger partial charge in [-0.05, 0) is 24.1 Å². The van der Waals surface area contributed by atoms with Gasteiger partial charge >= 0.3 is 11.8 Å². The summed E-state index contributed by atoms with van der Waals surface area (Å²) in [6, 6.07) is 7.06. The van der Waals surface area contributed by atoms with Crippen LogP contribution in [0.5, 0.6) is 0 Å². The molecule has 2 N–H and O–H groups in total. The highest BCUT2D eigenvalue weighted by atomic mass is 16.2. The minimum atomic E-state index is -0.684. The summed E-state index contributed by atoms with van der Waals surface area (Å²) in [4.78, 5) is 23.4. The largest absolute Gasteiger partial charge is 0.348 e. The van der Waals surface area contributed by atoms with Crippen LogP contribution in [0, 0.1) is 5.92 Å². The first-order valence-electron chi connectivity index (χ1n) is 6.60. The van der Waals surface area contributed by atoms with Crippen LogP contribution in [0.15, 0.2) is 36.9 Å². The van der Waals surface area contributed by atoms with Gasteiger partial charge in [-0.2, -0.15) is 0 Å². The maximum Gasteiger partial charge on any atom is 0.313 e. The lowest BCUT2D eigenvalue weighted by Gasteiger charge is -2.09. The zero-order valence-electron chi connectivity index (χ0n) is 11.9. The summed E-state index contributed by atoms with van der Waals surface area (Å²) >= 11 is 0. The average molecular weight is 287 g/mol. The number of carbonyl (C=O) groups is 2. The number of hydrogen-bond donors (Lipinski definition) is 2. The Morgan fingerprint density at radius 2 is 1.90 bits per heavy atom. The zero-order chi connectivity index (χ0) is 15.2. The van der Waals surface area contributed by atoms with Gasteiger partial charge in [-0.15, -0.1) is 10.2 Å². The van der Waals surface area contributed by atoms with E-state index in [1.54, 1.807) is 35.4 Å². The fourth-order valence-corrected chi connectivity index (χ4v) is 1.64. The molecule has 0 aliphatic heterocycles. The summed E-state index contributed by atoms with van der Waals surface area (Å²) in [5.41, 5.74) is 1.33. The number of rotatable bonds is 4. The number of nitrogens with zero attached hydrogens (tertiary/aromatic N) is 3. The summed E-state index contributed by atoms with van der Waals surface area (Å²) in [7, 11) is 0. The van der Waals surface area contributed by atoms with Crippen molar-refractivity contribution in [3.63, 3.8) is 0 Å². The summed E-state index contributed by atoms with van der Waals surface area (Å²) in [5.74, 6) is -1.03. The topological polar surface area (TPSA) is 88.9 Å². The molecule has 0 saturated heterocycles. The molecule has 2 rings (SSSR count). The van der Waals surface area contributed by atoms with E-state index in [0.29, 0.717) is 18.2 Å². The Morgan fingerprint density at radius 3 is 2.57 bits per heavy atom. The lowest BCUT2D eigenvalue weighted by Crippen LogP contribution is -2.37. The normalized spacial score (nSPS) is 10.4. The van der Waals surface area contributed by atoms with E-state index in [2.05, 4.69) is 20.8 Å². The Labute approximate surface area is 122 Å². The number of benzene rings is 1. The summed E-state index contributed by atoms with van der Waals surface area (Å²) in [5, 5.41) is 12.6. The second-order valence-electron chi connectivity index (χ2n) is 4.98. The van der Waals surface area contributed by atoms with Crippen molar-refractivity contribution in [3.8, 4) is 5.69 Å². The molecule has 2 aromatic rings. The molecule has 7 nitrogen and oxygen atoms in total. The third-order valence-electron chi connectivity index (χ3n) is 2.70. The van der Waals surface area contributed by atoms with Gasteiger partial charge in [-0.1, -0.05) is 19.9 Å². The number of hydrogen-bond acceptors (Lipinski definition) is 4. The minimum Gasteiger partial charge on any atom is -0.348 e. The maximum atomic E-state index is 11.8. The average Bonchev–Trinajstić information content (AvgIpc) is 2.99. The standard InChI is InChI=1S/C14H17N5O2/c1-10(2)7-15-13(20)14(21)18-11-4-3-5-12(6-11)19-8-16-17-9-19/h3-6,8-10H,7H2,1-2H3,(H,15,20)(H,18,21). The molecule has 1 heterocycles. The van der Waals surface area contributed by atoms with Gasteiger partial charge in [0.2, 0.25) is 0 Å². The van der Waals surface area contributed by atoms with E-state index >= 15 is 0 Å². The van der Waals surface area contributed by atoms with E-state index in [4.69, 9.17) is 0 Å². The highest BCUT2D eigenvalue weighted by Gasteiger charge is 2.13. The summed E-state index contributed by atoms with van der Waals surface area (Å²) in [6.07, 6.45) is 3.10. The number of anilines is 1. The van der Waals surface area contributed by atoms with Crippen molar-refractivity contribution in [2.24, 2.45) is 5.92 Å². The third kappa shape index (κ3) is 4.13. The van der Waals surface area contributed by atoms with E-state index in [9.17, 15) is 9.59 Å². The van der Waals surface area contributed by atoms with Crippen LogP contribution in [0.1, 0.15) is 13.8 Å². The zero-order valence-corrected chi connectivity index (χ0v) is 11.9. The van der Waals surface area contributed by atoms with Crippen LogP contribution >= 0.6 is 0 Å². The molecule has 0 aliphatic rings. The monoisotopic (exact) mass is 287 g/mol. The molecule has 0 bridgehead atoms. The summed E-state index contributed by atoms with van der Waals surface area (Å²) in [6.45, 7) is 4.38. The number of carbonyl (C=O) groups excluding carboxylic acids is 2. The molecule has 0 fully saturated rings. The van der Waals surface area contributed by atoms with Crippen LogP contribution in [0.4, 0.5) is 5.69 Å². The first kappa shape index (κ1) is 14.7. The van der Waals surface area contributed by atoms with Crippen molar-refractivity contribution < 1.29 is 9.59 Å². The lowest BCUT2D eigenvalue weighted by molar-refractivity contribution is -0.136. The third-order valence-corrected chi connectivity index (χ3v) is 2.70. The van der Waals surface area contributed by atoms with Gasteiger partial charge in [0.05, 0.1) is 5.69 Å². The molecule has 0 spiro atoms. The van der Waals surface area contributed by atoms with Crippen LogP contribution in [0.25, 0.3) is 5.69 Å². The number of amides is 2. The van der Waals surface area contributed by atoms with Gasteiger partial charge in [-0.3, -0.25) is 14.2 Å². The molecule has 21 heavy (non-hydrogen) atoms. The highest BCUT2D eigenvalue weighted by Crippen LogP contribution is 2.13. The molecule has 1 aromatic heterocycles. The quantitative estimate of drug-likeness (QED) is 0.820. The smallest absolute Gasteiger partial charge is 0.313 e. The van der Waals surface area contributed by atoms with Gasteiger partial charge in [-0.25, -0.2) is 0 Å². The van der Waals surface area contributed by atoms with Crippen molar-refractivity contribution in [1.29, 1.82) is 0 Å². The van der Waals surface area contributed by atoms with Gasteiger partial charge < -0.3 is 10.6 Å². The van der Waals surface area contributed by atoms with Gasteiger partial charge in [0.1, 0.15) is 12.7 Å². The molecule has 1 aromatic carbocycles. The van der Waals surface area contributed by atoms with Crippen LogP contribution in [0.2, 0.25) is 0 Å². The first-order valence-corrected chi connectivity index (χ1v) is 6.60. The molecule has 0 aliphatic carbocycles. The van der Waals surface area contributed by atoms with Gasteiger partial charge in [0, 0.05) is 12.2 Å². The van der Waals surface area contributed by atoms with Gasteiger partial charge in [0.15, 0.2) is 0 Å². The Morgan fingerprint density at radius 1 is 1.19 bits per heavy atom. The van der Waals surface area contributed by atoms with E-state index in [0.717, 1.165) is 5.69 Å². The van der Waals surface area contributed by atoms with Crippen LogP contribution in [-0.2, 0) is 9.59 Å². The first-order chi connectivity index (χ1) is 10.1. The molecule has 7 heteroatoms. The van der Waals surface area contributed by atoms with Gasteiger partial charge in [0.25, 0.3) is 0 Å². The van der Waals surface area contributed by atoms with Crippen molar-refractivity contribution >= 4 is 17.5 Å². The molecular weight excluding hydrogens is 270 g/mol. The van der Waals surface area contributed by atoms with Crippen LogP contribution in [0.3, 0.4) is 0 Å². The Kier molecular flexibility index (Phi) is 4.65. The van der Waals surface area contributed by atoms with E-state index < -0.39 is 11.8 Å². The van der Waals surface area contributed by atoms with Crippen molar-refractivity contribution in [2.75, 3.05) is 11.9 Å². The molecule has 0 unspecified atom stereocenters. The van der Waals surface area contributed by atoms with Crippen LogP contribution in [-0.4, -0.2) is 33.1 Å². The summed E-state index contributed by atoms with van der Waals surface area (Å²) < 4.78 is 1.70. The minimum absolute atomic E-state index is 0.291. The highest BCUT2D eigenvalue weighted by molar-refractivity contribution is 6.39. The number of aromatic nitrogens is 3. The molecular formula is C14H17N5O2. The maximum absolute atomic E-state index is 11.8. The lowest BCUT2D eigenvalue weighted by atomic mass is 10.2. The van der Waals surface area contributed by atoms with E-state index in [1.165, 1.54) is 0 Å². The number of nitrogens with one attached hydrogen (secondary N) is 2. The fourth-order valence-electron chi connectivity index (χ4n) is 1.64. The molecule has 2 amide bonds. The Hall–Kier alpha value is -2.70. The molecule has 0 saturated carbocycles.